The number of benzene rings is 4. The fraction of sp³-hybridized carbons (Fsp3) is 0.184. The van der Waals surface area contributed by atoms with Crippen LogP contribution < -0.4 is 5.32 Å². The molecule has 9 rings (SSSR count). The molecule has 3 nitrogen and oxygen atoms in total. The minimum atomic E-state index is 0.0662. The van der Waals surface area contributed by atoms with Gasteiger partial charge in [-0.15, -0.1) is 0 Å². The molecule has 0 spiro atoms. The summed E-state index contributed by atoms with van der Waals surface area (Å²) < 4.78 is 6.58. The lowest BCUT2D eigenvalue weighted by atomic mass is 9.75. The van der Waals surface area contributed by atoms with Crippen LogP contribution in [0.25, 0.3) is 44.2 Å². The van der Waals surface area contributed by atoms with Gasteiger partial charge < -0.3 is 9.73 Å². The zero-order chi connectivity index (χ0) is 27.3. The van der Waals surface area contributed by atoms with E-state index in [1.54, 1.807) is 0 Å². The second-order valence-electron chi connectivity index (χ2n) is 12.4. The van der Waals surface area contributed by atoms with E-state index in [0.717, 1.165) is 23.2 Å². The van der Waals surface area contributed by atoms with Crippen LogP contribution in [0.15, 0.2) is 124 Å². The van der Waals surface area contributed by atoms with Crippen LogP contribution in [-0.2, 0) is 6.42 Å². The molecule has 0 saturated carbocycles. The van der Waals surface area contributed by atoms with Crippen molar-refractivity contribution in [2.75, 3.05) is 0 Å². The Morgan fingerprint density at radius 2 is 1.71 bits per heavy atom. The minimum absolute atomic E-state index is 0.0662. The van der Waals surface area contributed by atoms with Crippen molar-refractivity contribution in [3.05, 3.63) is 131 Å². The molecule has 3 unspecified atom stereocenters. The molecule has 198 valence electrons. The SMILES string of the molecule is CC1(C)C2=C(NC(c3ccc(-c4cc5c(c6c4oc4ccccc46)Cc4ccccc4-5)cc3)C=C2)C2N=CC=CC21. The van der Waals surface area contributed by atoms with Crippen molar-refractivity contribution in [1.29, 1.82) is 0 Å². The maximum atomic E-state index is 6.58. The van der Waals surface area contributed by atoms with Crippen LogP contribution in [-0.4, -0.2) is 12.3 Å². The first kappa shape index (κ1) is 23.1. The second kappa shape index (κ2) is 8.20. The standard InChI is InChI=1S/C38H30N2O/c1-38(2)30-11-7-19-39-35(30)36-31(38)17-18-32(40-36)23-15-13-22(14-16-23)27-21-28-25-9-4-3-8-24(25)20-29(28)34-26-10-5-6-12-33(26)41-37(27)34/h3-19,21,30,32,35,40H,20H2,1-2H3. The first-order chi connectivity index (χ1) is 20.1. The molecule has 0 fully saturated rings. The van der Waals surface area contributed by atoms with Gasteiger partial charge in [-0.1, -0.05) is 98.8 Å². The van der Waals surface area contributed by atoms with E-state index in [1.165, 1.54) is 55.4 Å². The van der Waals surface area contributed by atoms with Crippen molar-refractivity contribution in [2.45, 2.75) is 32.4 Å². The highest BCUT2D eigenvalue weighted by atomic mass is 16.3. The molecule has 1 N–H and O–H groups in total. The van der Waals surface area contributed by atoms with Gasteiger partial charge >= 0.3 is 0 Å². The summed E-state index contributed by atoms with van der Waals surface area (Å²) in [5, 5.41) is 6.32. The van der Waals surface area contributed by atoms with Crippen molar-refractivity contribution in [1.82, 2.24) is 5.32 Å². The van der Waals surface area contributed by atoms with Crippen LogP contribution in [0.2, 0.25) is 0 Å². The zero-order valence-corrected chi connectivity index (χ0v) is 23.2. The molecule has 2 aliphatic heterocycles. The maximum absolute atomic E-state index is 6.58. The quantitative estimate of drug-likeness (QED) is 0.243. The topological polar surface area (TPSA) is 37.5 Å². The van der Waals surface area contributed by atoms with Gasteiger partial charge in [0.15, 0.2) is 0 Å². The van der Waals surface area contributed by atoms with E-state index in [2.05, 4.69) is 122 Å². The first-order valence-corrected chi connectivity index (χ1v) is 14.6. The van der Waals surface area contributed by atoms with Crippen LogP contribution in [0.3, 0.4) is 0 Å². The monoisotopic (exact) mass is 530 g/mol. The predicted octanol–water partition coefficient (Wildman–Crippen LogP) is 8.94. The van der Waals surface area contributed by atoms with E-state index in [4.69, 9.17) is 9.41 Å². The first-order valence-electron chi connectivity index (χ1n) is 14.6. The van der Waals surface area contributed by atoms with E-state index >= 15 is 0 Å². The van der Waals surface area contributed by atoms with Crippen LogP contribution in [0.5, 0.6) is 0 Å². The summed E-state index contributed by atoms with van der Waals surface area (Å²) in [4.78, 5) is 4.87. The Morgan fingerprint density at radius 1 is 0.878 bits per heavy atom. The fourth-order valence-electron chi connectivity index (χ4n) is 7.76. The Labute approximate surface area is 239 Å². The molecule has 3 atom stereocenters. The smallest absolute Gasteiger partial charge is 0.143 e. The van der Waals surface area contributed by atoms with E-state index in [0.29, 0.717) is 5.92 Å². The van der Waals surface area contributed by atoms with Gasteiger partial charge in [-0.3, -0.25) is 4.99 Å². The number of fused-ring (bicyclic) bond motifs is 9. The Morgan fingerprint density at radius 3 is 2.61 bits per heavy atom. The summed E-state index contributed by atoms with van der Waals surface area (Å²) in [6, 6.07) is 28.9. The lowest BCUT2D eigenvalue weighted by Crippen LogP contribution is -2.30. The van der Waals surface area contributed by atoms with Gasteiger partial charge in [0, 0.05) is 39.6 Å². The van der Waals surface area contributed by atoms with Crippen molar-refractivity contribution >= 4 is 28.2 Å². The molecule has 3 heterocycles. The van der Waals surface area contributed by atoms with Gasteiger partial charge in [0.1, 0.15) is 11.2 Å². The molecule has 0 amide bonds. The third kappa shape index (κ3) is 3.18. The fourth-order valence-corrected chi connectivity index (χ4v) is 7.76. The van der Waals surface area contributed by atoms with Gasteiger partial charge in [-0.2, -0.15) is 0 Å². The number of hydrogen-bond donors (Lipinski definition) is 1. The van der Waals surface area contributed by atoms with E-state index in [-0.39, 0.29) is 17.5 Å². The molecule has 5 aromatic rings. The van der Waals surface area contributed by atoms with Gasteiger partial charge in [0.05, 0.1) is 12.1 Å². The normalized spacial score (nSPS) is 23.0. The summed E-state index contributed by atoms with van der Waals surface area (Å²) in [5.41, 5.74) is 13.7. The Bertz CT molecular complexity index is 2030. The van der Waals surface area contributed by atoms with Crippen molar-refractivity contribution < 1.29 is 4.42 Å². The second-order valence-corrected chi connectivity index (χ2v) is 12.4. The molecule has 41 heavy (non-hydrogen) atoms. The molecule has 0 saturated heterocycles. The summed E-state index contributed by atoms with van der Waals surface area (Å²) in [5.74, 6) is 0.395. The average Bonchev–Trinajstić information content (AvgIpc) is 3.65. The average molecular weight is 531 g/mol. The number of para-hydroxylation sites is 1. The van der Waals surface area contributed by atoms with Crippen LogP contribution in [0, 0.1) is 11.3 Å². The van der Waals surface area contributed by atoms with E-state index in [1.807, 2.05) is 6.21 Å². The Kier molecular flexibility index (Phi) is 4.62. The Hall–Kier alpha value is -4.63. The molecule has 4 aliphatic rings. The predicted molar refractivity (Wildman–Crippen MR) is 168 cm³/mol. The summed E-state index contributed by atoms with van der Waals surface area (Å²) in [7, 11) is 0. The molecular weight excluding hydrogens is 500 g/mol. The highest BCUT2D eigenvalue weighted by Gasteiger charge is 2.48. The third-order valence-electron chi connectivity index (χ3n) is 9.88. The number of hydrogen-bond acceptors (Lipinski definition) is 3. The molecule has 4 aromatic carbocycles. The highest BCUT2D eigenvalue weighted by Crippen LogP contribution is 2.52. The van der Waals surface area contributed by atoms with Gasteiger partial charge in [-0.25, -0.2) is 0 Å². The molecular formula is C38H30N2O. The van der Waals surface area contributed by atoms with Crippen molar-refractivity contribution in [3.63, 3.8) is 0 Å². The van der Waals surface area contributed by atoms with Crippen molar-refractivity contribution in [2.24, 2.45) is 16.3 Å². The number of furan rings is 1. The van der Waals surface area contributed by atoms with Gasteiger partial charge in [0.2, 0.25) is 0 Å². The molecule has 2 aliphatic carbocycles. The number of dihydropyridines is 2. The van der Waals surface area contributed by atoms with Crippen LogP contribution in [0.1, 0.15) is 36.6 Å². The lowest BCUT2D eigenvalue weighted by Gasteiger charge is -2.29. The number of rotatable bonds is 2. The van der Waals surface area contributed by atoms with Crippen LogP contribution >= 0.6 is 0 Å². The zero-order valence-electron chi connectivity index (χ0n) is 23.2. The molecule has 3 heteroatoms. The highest BCUT2D eigenvalue weighted by molar-refractivity contribution is 6.14. The number of allylic oxidation sites excluding steroid dienone is 3. The summed E-state index contributed by atoms with van der Waals surface area (Å²) in [6.45, 7) is 4.68. The van der Waals surface area contributed by atoms with E-state index in [9.17, 15) is 0 Å². The van der Waals surface area contributed by atoms with Gasteiger partial charge in [0.25, 0.3) is 0 Å². The van der Waals surface area contributed by atoms with E-state index < -0.39 is 0 Å². The third-order valence-corrected chi connectivity index (χ3v) is 9.88. The largest absolute Gasteiger partial charge is 0.455 e. The lowest BCUT2D eigenvalue weighted by molar-refractivity contribution is 0.333. The van der Waals surface area contributed by atoms with Crippen LogP contribution in [0.4, 0.5) is 0 Å². The number of aliphatic imine (C=N–C) groups is 1. The molecule has 1 aromatic heterocycles. The molecule has 0 bridgehead atoms. The Balaban J connectivity index is 1.13. The maximum Gasteiger partial charge on any atom is 0.143 e. The summed E-state index contributed by atoms with van der Waals surface area (Å²) in [6.07, 6.45) is 12.0. The molecule has 0 radical (unpaired) electrons. The van der Waals surface area contributed by atoms with Gasteiger partial charge in [-0.05, 0) is 63.6 Å². The number of nitrogens with zero attached hydrogens (tertiary/aromatic N) is 1. The van der Waals surface area contributed by atoms with Crippen molar-refractivity contribution in [3.8, 4) is 22.3 Å². The minimum Gasteiger partial charge on any atom is -0.455 e. The number of nitrogens with one attached hydrogen (secondary N) is 1. The summed E-state index contributed by atoms with van der Waals surface area (Å²) >= 11 is 0.